The number of benzene rings is 3. The van der Waals surface area contributed by atoms with Gasteiger partial charge in [-0.25, -0.2) is 43.9 Å². The van der Waals surface area contributed by atoms with Crippen LogP contribution < -0.4 is 0 Å². The van der Waals surface area contributed by atoms with Crippen molar-refractivity contribution in [3.63, 3.8) is 0 Å². The van der Waals surface area contributed by atoms with Crippen LogP contribution in [0.5, 0.6) is 0 Å². The summed E-state index contributed by atoms with van der Waals surface area (Å²) in [6, 6.07) is 6.90. The van der Waals surface area contributed by atoms with Crippen molar-refractivity contribution in [3.8, 4) is 36.4 Å². The van der Waals surface area contributed by atoms with Crippen molar-refractivity contribution in [2.75, 3.05) is 0 Å². The Bertz CT molecular complexity index is 2320. The van der Waals surface area contributed by atoms with Crippen molar-refractivity contribution in [1.29, 1.82) is 31.6 Å². The highest BCUT2D eigenvalue weighted by Crippen LogP contribution is 2.57. The fourth-order valence-corrected chi connectivity index (χ4v) is 5.35. The summed E-state index contributed by atoms with van der Waals surface area (Å²) >= 11 is 0. The quantitative estimate of drug-likeness (QED) is 0.150. The van der Waals surface area contributed by atoms with Crippen LogP contribution in [0.2, 0.25) is 0 Å². The average molecular weight is 692 g/mol. The van der Waals surface area contributed by atoms with E-state index in [9.17, 15) is 35.1 Å². The van der Waals surface area contributed by atoms with Gasteiger partial charge in [0, 0.05) is 27.8 Å². The third kappa shape index (κ3) is 4.99. The van der Waals surface area contributed by atoms with Crippen molar-refractivity contribution in [2.45, 2.75) is 26.7 Å². The van der Waals surface area contributed by atoms with Crippen molar-refractivity contribution in [3.05, 3.63) is 119 Å². The molecule has 246 valence electrons. The molecule has 3 aromatic carbocycles. The van der Waals surface area contributed by atoms with Crippen LogP contribution in [0.15, 0.2) is 16.7 Å². The molecule has 0 aromatic heterocycles. The molecular formula is C34H10F10N6. The molecule has 50 heavy (non-hydrogen) atoms. The second kappa shape index (κ2) is 13.3. The fourth-order valence-electron chi connectivity index (χ4n) is 5.35. The number of rotatable bonds is 5. The number of nitrogens with zero attached hydrogens (tertiary/aromatic N) is 6. The Morgan fingerprint density at radius 1 is 0.380 bits per heavy atom. The maximum atomic E-state index is 15.8. The van der Waals surface area contributed by atoms with Gasteiger partial charge in [0.05, 0.1) is 44.5 Å². The highest BCUT2D eigenvalue weighted by atomic mass is 19.2. The Morgan fingerprint density at radius 3 is 0.840 bits per heavy atom. The highest BCUT2D eigenvalue weighted by molar-refractivity contribution is 6.12. The highest BCUT2D eigenvalue weighted by Gasteiger charge is 2.46. The minimum absolute atomic E-state index is 0.508. The van der Waals surface area contributed by atoms with Crippen molar-refractivity contribution in [1.82, 2.24) is 0 Å². The number of allylic oxidation sites excluding steroid dienone is 6. The first-order valence-corrected chi connectivity index (χ1v) is 13.6. The standard InChI is InChI=1S/C34H10F10N6/c1-3-11-13(5-45)27(37)31(41)22(25(11)35)15(7-47)19-20(16(8-48)23-26(36)12(4-2)14(6-46)28(38)32(23)42)21(19)17(9-49)24-33(43)29(39)18(10-50)30(40)34(24)44/h3-4H2,1-2H3. The lowest BCUT2D eigenvalue weighted by Crippen LogP contribution is -2.08. The molecule has 0 saturated heterocycles. The Morgan fingerprint density at radius 2 is 0.620 bits per heavy atom. The van der Waals surface area contributed by atoms with Crippen molar-refractivity contribution in [2.24, 2.45) is 0 Å². The number of hydrogen-bond donors (Lipinski definition) is 0. The lowest BCUT2D eigenvalue weighted by molar-refractivity contribution is 0.447. The molecule has 0 atom stereocenters. The molecule has 1 aliphatic rings. The van der Waals surface area contributed by atoms with Gasteiger partial charge in [0.25, 0.3) is 0 Å². The Hall–Kier alpha value is -6.88. The van der Waals surface area contributed by atoms with Gasteiger partial charge < -0.3 is 0 Å². The first-order valence-electron chi connectivity index (χ1n) is 13.6. The third-order valence-electron chi connectivity index (χ3n) is 7.66. The molecule has 3 aromatic rings. The largest absolute Gasteiger partial charge is 0.206 e. The Labute approximate surface area is 274 Å². The molecule has 0 bridgehead atoms. The second-order valence-electron chi connectivity index (χ2n) is 9.97. The molecule has 1 saturated carbocycles. The Kier molecular flexibility index (Phi) is 9.58. The predicted molar refractivity (Wildman–Crippen MR) is 149 cm³/mol. The predicted octanol–water partition coefficient (Wildman–Crippen LogP) is 8.06. The van der Waals surface area contributed by atoms with E-state index in [1.807, 2.05) is 0 Å². The second-order valence-corrected chi connectivity index (χ2v) is 9.97. The van der Waals surface area contributed by atoms with E-state index in [2.05, 4.69) is 0 Å². The SMILES string of the molecule is CCc1c(F)c(C(C#N)=C2C(=C(C#N)c3c(F)c(F)c(C#N)c(F)c3F)C2=C(C#N)c2c(F)c(F)c(C#N)c(CC)c2F)c(F)c(F)c1C#N. The summed E-state index contributed by atoms with van der Waals surface area (Å²) in [6.07, 6.45) is -1.02. The average Bonchev–Trinajstić information content (AvgIpc) is 3.82. The van der Waals surface area contributed by atoms with Gasteiger partial charge in [0.1, 0.15) is 53.6 Å². The molecule has 1 aliphatic carbocycles. The monoisotopic (exact) mass is 692 g/mol. The molecule has 0 heterocycles. The Balaban J connectivity index is 2.40. The molecule has 1 fully saturated rings. The van der Waals surface area contributed by atoms with E-state index in [1.165, 1.54) is 38.1 Å². The van der Waals surface area contributed by atoms with Crippen molar-refractivity contribution >= 4 is 16.7 Å². The van der Waals surface area contributed by atoms with E-state index < -0.39 is 149 Å². The minimum Gasteiger partial charge on any atom is -0.206 e. The van der Waals surface area contributed by atoms with Gasteiger partial charge in [-0.3, -0.25) is 0 Å². The zero-order chi connectivity index (χ0) is 37.5. The molecule has 16 heteroatoms. The van der Waals surface area contributed by atoms with E-state index >= 15 is 35.1 Å². The molecule has 4 rings (SSSR count). The van der Waals surface area contributed by atoms with E-state index in [4.69, 9.17) is 5.26 Å². The summed E-state index contributed by atoms with van der Waals surface area (Å²) in [7, 11) is 0. The molecule has 0 spiro atoms. The summed E-state index contributed by atoms with van der Waals surface area (Å²) in [6.45, 7) is 2.37. The maximum absolute atomic E-state index is 15.8. The van der Waals surface area contributed by atoms with Crippen LogP contribution >= 0.6 is 0 Å². The van der Waals surface area contributed by atoms with Crippen LogP contribution in [0.3, 0.4) is 0 Å². The lowest BCUT2D eigenvalue weighted by atomic mass is 9.94. The first-order chi connectivity index (χ1) is 23.7. The topological polar surface area (TPSA) is 143 Å². The molecule has 0 unspecified atom stereocenters. The van der Waals surface area contributed by atoms with Gasteiger partial charge in [-0.2, -0.15) is 31.6 Å². The summed E-state index contributed by atoms with van der Waals surface area (Å²) in [4.78, 5) is 0. The molecule has 0 N–H and O–H groups in total. The van der Waals surface area contributed by atoms with Crippen LogP contribution in [-0.2, 0) is 12.8 Å². The zero-order valence-electron chi connectivity index (χ0n) is 24.9. The minimum atomic E-state index is -2.41. The van der Waals surface area contributed by atoms with Gasteiger partial charge in [-0.05, 0) is 12.8 Å². The number of nitriles is 6. The molecule has 6 nitrogen and oxygen atoms in total. The van der Waals surface area contributed by atoms with Crippen LogP contribution in [0, 0.1) is 126 Å². The van der Waals surface area contributed by atoms with Gasteiger partial charge in [-0.1, -0.05) is 13.8 Å². The van der Waals surface area contributed by atoms with Gasteiger partial charge in [-0.15, -0.1) is 0 Å². The van der Waals surface area contributed by atoms with Gasteiger partial charge in [0.15, 0.2) is 46.5 Å². The maximum Gasteiger partial charge on any atom is 0.180 e. The van der Waals surface area contributed by atoms with Gasteiger partial charge >= 0.3 is 0 Å². The first kappa shape index (κ1) is 36.0. The lowest BCUT2D eigenvalue weighted by Gasteiger charge is -2.11. The normalized spacial score (nSPS) is 13.7. The smallest absolute Gasteiger partial charge is 0.180 e. The van der Waals surface area contributed by atoms with E-state index in [0.717, 1.165) is 12.1 Å². The number of hydrogen-bond acceptors (Lipinski definition) is 6. The van der Waals surface area contributed by atoms with E-state index in [0.29, 0.717) is 0 Å². The third-order valence-corrected chi connectivity index (χ3v) is 7.66. The van der Waals surface area contributed by atoms with E-state index in [-0.39, 0.29) is 0 Å². The van der Waals surface area contributed by atoms with Crippen LogP contribution in [0.25, 0.3) is 16.7 Å². The summed E-state index contributed by atoms with van der Waals surface area (Å²) < 4.78 is 152. The molecule has 0 radical (unpaired) electrons. The van der Waals surface area contributed by atoms with Crippen molar-refractivity contribution < 1.29 is 43.9 Å². The fraction of sp³-hybridized carbons (Fsp3) is 0.118. The summed E-state index contributed by atoms with van der Waals surface area (Å²) in [5.41, 5.74) is -18.7. The van der Waals surface area contributed by atoms with E-state index in [1.54, 1.807) is 0 Å². The van der Waals surface area contributed by atoms with Crippen LogP contribution in [0.4, 0.5) is 43.9 Å². The molecule has 0 aliphatic heterocycles. The molecular weight excluding hydrogens is 682 g/mol. The molecule has 0 amide bonds. The summed E-state index contributed by atoms with van der Waals surface area (Å²) in [5.74, 6) is -21.5. The van der Waals surface area contributed by atoms with Crippen LogP contribution in [-0.4, -0.2) is 0 Å². The zero-order valence-corrected chi connectivity index (χ0v) is 24.9. The van der Waals surface area contributed by atoms with Crippen LogP contribution in [0.1, 0.15) is 58.4 Å². The summed E-state index contributed by atoms with van der Waals surface area (Å²) in [5, 5.41) is 57.6. The van der Waals surface area contributed by atoms with Gasteiger partial charge in [0.2, 0.25) is 0 Å². The number of halogens is 10.